The smallest absolute Gasteiger partial charge is 0.233 e. The van der Waals surface area contributed by atoms with Crippen LogP contribution in [0.4, 0.5) is 5.82 Å². The van der Waals surface area contributed by atoms with Crippen LogP contribution in [0.2, 0.25) is 0 Å². The van der Waals surface area contributed by atoms with E-state index in [1.807, 2.05) is 27.7 Å². The van der Waals surface area contributed by atoms with Gasteiger partial charge >= 0.3 is 0 Å². The summed E-state index contributed by atoms with van der Waals surface area (Å²) in [4.78, 5) is 0. The number of nitrogens with zero attached hydrogens (tertiary/aromatic N) is 1. The van der Waals surface area contributed by atoms with E-state index in [0.717, 1.165) is 12.0 Å². The molecule has 0 aliphatic rings. The summed E-state index contributed by atoms with van der Waals surface area (Å²) in [5.74, 6) is 0.611. The molecule has 0 aliphatic heterocycles. The van der Waals surface area contributed by atoms with Gasteiger partial charge in [0.15, 0.2) is 0 Å². The van der Waals surface area contributed by atoms with Crippen LogP contribution in [0.15, 0.2) is 6.20 Å². The van der Waals surface area contributed by atoms with Crippen molar-refractivity contribution in [2.45, 2.75) is 40.5 Å². The third-order valence-electron chi connectivity index (χ3n) is 2.48. The Balaban J connectivity index is 2.67. The second-order valence-electron chi connectivity index (χ2n) is 5.36. The van der Waals surface area contributed by atoms with Crippen molar-refractivity contribution in [1.29, 1.82) is 0 Å². The van der Waals surface area contributed by atoms with Crippen LogP contribution >= 0.6 is 0 Å². The lowest BCUT2D eigenvalue weighted by Crippen LogP contribution is -2.21. The highest BCUT2D eigenvalue weighted by Crippen LogP contribution is 2.20. The van der Waals surface area contributed by atoms with Gasteiger partial charge in [0.05, 0.1) is 11.9 Å². The van der Waals surface area contributed by atoms with Gasteiger partial charge in [0.2, 0.25) is 10.0 Å². The van der Waals surface area contributed by atoms with Crippen molar-refractivity contribution in [2.24, 2.45) is 5.41 Å². The maximum Gasteiger partial charge on any atom is 0.233 e. The molecular formula is C11H21N3O2S. The minimum atomic E-state index is -3.29. The second-order valence-corrected chi connectivity index (χ2v) is 7.20. The minimum Gasteiger partial charge on any atom is -0.267 e. The van der Waals surface area contributed by atoms with Crippen molar-refractivity contribution in [2.75, 3.05) is 10.5 Å². The zero-order chi connectivity index (χ0) is 13.1. The SMILES string of the molecule is CCc1cn[nH]c1NS(=O)(=O)CCC(C)(C)C. The van der Waals surface area contributed by atoms with E-state index in [1.54, 1.807) is 6.20 Å². The maximum atomic E-state index is 11.9. The van der Waals surface area contributed by atoms with Gasteiger partial charge in [-0.25, -0.2) is 8.42 Å². The van der Waals surface area contributed by atoms with E-state index in [4.69, 9.17) is 0 Å². The molecule has 0 amide bonds. The first-order valence-corrected chi connectivity index (χ1v) is 7.41. The Morgan fingerprint density at radius 3 is 2.59 bits per heavy atom. The Morgan fingerprint density at radius 2 is 2.06 bits per heavy atom. The van der Waals surface area contributed by atoms with Gasteiger partial charge in [-0.05, 0) is 18.3 Å². The molecule has 98 valence electrons. The van der Waals surface area contributed by atoms with E-state index in [1.165, 1.54) is 0 Å². The third-order valence-corrected chi connectivity index (χ3v) is 3.73. The third kappa shape index (κ3) is 4.77. The summed E-state index contributed by atoms with van der Waals surface area (Å²) < 4.78 is 26.3. The highest BCUT2D eigenvalue weighted by Gasteiger charge is 2.18. The fraction of sp³-hybridized carbons (Fsp3) is 0.727. The standard InChI is InChI=1S/C11H21N3O2S/c1-5-9-8-12-13-10(9)14-17(15,16)7-6-11(2,3)4/h8H,5-7H2,1-4H3,(H2,12,13,14). The van der Waals surface area contributed by atoms with Crippen LogP contribution in [-0.4, -0.2) is 24.4 Å². The van der Waals surface area contributed by atoms with Crippen LogP contribution in [0.1, 0.15) is 39.7 Å². The molecule has 0 saturated carbocycles. The van der Waals surface area contributed by atoms with Gasteiger partial charge in [-0.2, -0.15) is 5.10 Å². The monoisotopic (exact) mass is 259 g/mol. The van der Waals surface area contributed by atoms with Crippen molar-refractivity contribution >= 4 is 15.8 Å². The first-order chi connectivity index (χ1) is 7.73. The molecule has 6 heteroatoms. The molecule has 5 nitrogen and oxygen atoms in total. The molecular weight excluding hydrogens is 238 g/mol. The molecule has 1 heterocycles. The Kier molecular flexibility index (Phi) is 4.19. The molecule has 1 rings (SSSR count). The number of nitrogens with one attached hydrogen (secondary N) is 2. The topological polar surface area (TPSA) is 74.8 Å². The van der Waals surface area contributed by atoms with E-state index < -0.39 is 10.0 Å². The minimum absolute atomic E-state index is 0.0102. The van der Waals surface area contributed by atoms with E-state index in [9.17, 15) is 8.42 Å². The van der Waals surface area contributed by atoms with Crippen molar-refractivity contribution in [1.82, 2.24) is 10.2 Å². The average Bonchev–Trinajstić information content (AvgIpc) is 2.61. The number of hydrogen-bond donors (Lipinski definition) is 2. The molecule has 0 atom stereocenters. The van der Waals surface area contributed by atoms with Gasteiger partial charge < -0.3 is 0 Å². The number of anilines is 1. The number of hydrogen-bond acceptors (Lipinski definition) is 3. The largest absolute Gasteiger partial charge is 0.267 e. The van der Waals surface area contributed by atoms with Gasteiger partial charge in [0.25, 0.3) is 0 Å². The maximum absolute atomic E-state index is 11.9. The van der Waals surface area contributed by atoms with Gasteiger partial charge in [-0.1, -0.05) is 27.7 Å². The van der Waals surface area contributed by atoms with Gasteiger partial charge in [0.1, 0.15) is 5.82 Å². The second kappa shape index (κ2) is 5.08. The molecule has 17 heavy (non-hydrogen) atoms. The fourth-order valence-corrected chi connectivity index (χ4v) is 2.79. The van der Waals surface area contributed by atoms with Crippen LogP contribution in [-0.2, 0) is 16.4 Å². The van der Waals surface area contributed by atoms with E-state index in [2.05, 4.69) is 14.9 Å². The lowest BCUT2D eigenvalue weighted by molar-refractivity contribution is 0.397. The summed E-state index contributed by atoms with van der Waals surface area (Å²) in [7, 11) is -3.29. The molecule has 0 spiro atoms. The van der Waals surface area contributed by atoms with Crippen molar-refractivity contribution in [3.05, 3.63) is 11.8 Å². The Hall–Kier alpha value is -1.04. The Bertz CT molecular complexity index is 457. The van der Waals surface area contributed by atoms with E-state index in [-0.39, 0.29) is 11.2 Å². The fourth-order valence-electron chi connectivity index (χ4n) is 1.31. The van der Waals surface area contributed by atoms with Crippen LogP contribution in [0.25, 0.3) is 0 Å². The predicted molar refractivity (Wildman–Crippen MR) is 69.4 cm³/mol. The molecule has 0 aliphatic carbocycles. The van der Waals surface area contributed by atoms with Crippen LogP contribution in [0, 0.1) is 5.41 Å². The summed E-state index contributed by atoms with van der Waals surface area (Å²) in [6.45, 7) is 8.03. The van der Waals surface area contributed by atoms with Crippen molar-refractivity contribution in [3.8, 4) is 0 Å². The zero-order valence-corrected chi connectivity index (χ0v) is 11.7. The number of aromatic nitrogens is 2. The van der Waals surface area contributed by atoms with Crippen LogP contribution in [0.5, 0.6) is 0 Å². The number of H-pyrrole nitrogens is 1. The molecule has 0 fully saturated rings. The van der Waals surface area contributed by atoms with Crippen LogP contribution < -0.4 is 4.72 Å². The summed E-state index contributed by atoms with van der Waals surface area (Å²) in [5.41, 5.74) is 0.889. The summed E-state index contributed by atoms with van der Waals surface area (Å²) >= 11 is 0. The highest BCUT2D eigenvalue weighted by atomic mass is 32.2. The molecule has 2 N–H and O–H groups in total. The first kappa shape index (κ1) is 14.0. The summed E-state index contributed by atoms with van der Waals surface area (Å²) in [6.07, 6.45) is 3.01. The first-order valence-electron chi connectivity index (χ1n) is 5.76. The number of sulfonamides is 1. The van der Waals surface area contributed by atoms with Crippen molar-refractivity contribution < 1.29 is 8.42 Å². The predicted octanol–water partition coefficient (Wildman–Crippen LogP) is 2.15. The molecule has 0 aromatic carbocycles. The number of rotatable bonds is 5. The van der Waals surface area contributed by atoms with Gasteiger partial charge in [-0.3, -0.25) is 9.82 Å². The molecule has 0 unspecified atom stereocenters. The molecule has 0 saturated heterocycles. The van der Waals surface area contributed by atoms with E-state index in [0.29, 0.717) is 12.2 Å². The highest BCUT2D eigenvalue weighted by molar-refractivity contribution is 7.92. The van der Waals surface area contributed by atoms with Gasteiger partial charge in [0, 0.05) is 5.56 Å². The van der Waals surface area contributed by atoms with Crippen molar-refractivity contribution in [3.63, 3.8) is 0 Å². The summed E-state index contributed by atoms with van der Waals surface area (Å²) in [5, 5.41) is 6.50. The van der Waals surface area contributed by atoms with Gasteiger partial charge in [-0.15, -0.1) is 0 Å². The lowest BCUT2D eigenvalue weighted by atomic mass is 9.94. The molecule has 1 aromatic rings. The van der Waals surface area contributed by atoms with Crippen LogP contribution in [0.3, 0.4) is 0 Å². The normalized spacial score (nSPS) is 12.7. The molecule has 0 bridgehead atoms. The Labute approximate surface area is 103 Å². The number of aryl methyl sites for hydroxylation is 1. The summed E-state index contributed by atoms with van der Waals surface area (Å²) in [6, 6.07) is 0. The zero-order valence-electron chi connectivity index (χ0n) is 10.9. The number of aromatic amines is 1. The molecule has 0 radical (unpaired) electrons. The average molecular weight is 259 g/mol. The molecule has 1 aromatic heterocycles. The quantitative estimate of drug-likeness (QED) is 0.850. The van der Waals surface area contributed by atoms with E-state index >= 15 is 0 Å². The Morgan fingerprint density at radius 1 is 1.41 bits per heavy atom. The lowest BCUT2D eigenvalue weighted by Gasteiger charge is -2.18.